The van der Waals surface area contributed by atoms with E-state index in [0.717, 1.165) is 0 Å². The fourth-order valence-corrected chi connectivity index (χ4v) is 1.47. The van der Waals surface area contributed by atoms with Crippen molar-refractivity contribution in [1.29, 1.82) is 0 Å². The van der Waals surface area contributed by atoms with E-state index in [0.29, 0.717) is 5.69 Å². The topological polar surface area (TPSA) is 81.5 Å². The Bertz CT molecular complexity index is 457. The van der Waals surface area contributed by atoms with Crippen LogP contribution in [0.5, 0.6) is 0 Å². The molecule has 0 amide bonds. The number of hydrogen-bond donors (Lipinski definition) is 1. The molecule has 0 saturated heterocycles. The number of nitrogens with zero attached hydrogens (tertiary/aromatic N) is 1. The van der Waals surface area contributed by atoms with Gasteiger partial charge in [0.25, 0.3) is 5.69 Å². The molecule has 0 aliphatic carbocycles. The summed E-state index contributed by atoms with van der Waals surface area (Å²) in [6, 6.07) is 4.26. The van der Waals surface area contributed by atoms with Gasteiger partial charge in [-0.05, 0) is 26.8 Å². The summed E-state index contributed by atoms with van der Waals surface area (Å²) in [5.41, 5.74) is 0.570. The summed E-state index contributed by atoms with van der Waals surface area (Å²) in [7, 11) is 0. The van der Waals surface area contributed by atoms with Crippen molar-refractivity contribution in [1.82, 2.24) is 0 Å². The molecule has 1 aromatic carbocycles. The number of hydrogen-bond acceptors (Lipinski definition) is 5. The minimum atomic E-state index is -0.562. The molecule has 1 N–H and O–H groups in total. The van der Waals surface area contributed by atoms with Crippen LogP contribution in [-0.2, 0) is 4.74 Å². The molecule has 0 heterocycles. The van der Waals surface area contributed by atoms with Gasteiger partial charge in [-0.3, -0.25) is 10.1 Å². The maximum absolute atomic E-state index is 11.6. The molecular formula is C12H16N2O4. The van der Waals surface area contributed by atoms with Crippen LogP contribution >= 0.6 is 0 Å². The Morgan fingerprint density at radius 1 is 1.44 bits per heavy atom. The fraction of sp³-hybridized carbons (Fsp3) is 0.417. The second-order valence-electron chi connectivity index (χ2n) is 4.05. The Hall–Kier alpha value is -2.11. The molecule has 0 fully saturated rings. The molecule has 0 radical (unpaired) electrons. The van der Waals surface area contributed by atoms with Gasteiger partial charge in [-0.25, -0.2) is 4.79 Å². The number of anilines is 1. The summed E-state index contributed by atoms with van der Waals surface area (Å²) < 4.78 is 4.83. The van der Waals surface area contributed by atoms with Crippen LogP contribution in [0.3, 0.4) is 0 Å². The number of ether oxygens (including phenoxy) is 1. The first kappa shape index (κ1) is 14.0. The van der Waals surface area contributed by atoms with E-state index in [2.05, 4.69) is 5.32 Å². The van der Waals surface area contributed by atoms with Crippen molar-refractivity contribution in [3.05, 3.63) is 33.9 Å². The minimum Gasteiger partial charge on any atom is -0.462 e. The van der Waals surface area contributed by atoms with Crippen LogP contribution in [0.15, 0.2) is 18.2 Å². The zero-order valence-electron chi connectivity index (χ0n) is 10.6. The van der Waals surface area contributed by atoms with E-state index in [-0.39, 0.29) is 23.9 Å². The third kappa shape index (κ3) is 3.73. The molecule has 0 atom stereocenters. The van der Waals surface area contributed by atoms with Gasteiger partial charge in [0, 0.05) is 23.9 Å². The van der Waals surface area contributed by atoms with Crippen LogP contribution in [0.1, 0.15) is 31.1 Å². The normalized spacial score (nSPS) is 10.2. The highest BCUT2D eigenvalue weighted by Gasteiger charge is 2.15. The molecule has 1 aromatic rings. The molecule has 0 spiro atoms. The quantitative estimate of drug-likeness (QED) is 0.495. The smallest absolute Gasteiger partial charge is 0.338 e. The average molecular weight is 252 g/mol. The van der Waals surface area contributed by atoms with Crippen molar-refractivity contribution in [2.75, 3.05) is 11.9 Å². The van der Waals surface area contributed by atoms with E-state index in [1.54, 1.807) is 13.0 Å². The third-order valence-corrected chi connectivity index (χ3v) is 2.10. The van der Waals surface area contributed by atoms with Crippen LogP contribution < -0.4 is 5.32 Å². The highest BCUT2D eigenvalue weighted by atomic mass is 16.6. The molecule has 1 rings (SSSR count). The second-order valence-corrected chi connectivity index (χ2v) is 4.05. The van der Waals surface area contributed by atoms with Crippen molar-refractivity contribution >= 4 is 17.3 Å². The molecule has 0 aliphatic rings. The lowest BCUT2D eigenvalue weighted by Crippen LogP contribution is -2.12. The Morgan fingerprint density at radius 2 is 2.11 bits per heavy atom. The summed E-state index contributed by atoms with van der Waals surface area (Å²) in [6.07, 6.45) is 0. The molecule has 98 valence electrons. The second kappa shape index (κ2) is 6.00. The number of non-ortho nitro benzene ring substituents is 1. The van der Waals surface area contributed by atoms with E-state index in [1.165, 1.54) is 12.1 Å². The number of carbonyl (C=O) groups is 1. The number of nitro benzene ring substituents is 1. The zero-order chi connectivity index (χ0) is 13.7. The van der Waals surface area contributed by atoms with Gasteiger partial charge in [-0.2, -0.15) is 0 Å². The van der Waals surface area contributed by atoms with Crippen molar-refractivity contribution in [3.63, 3.8) is 0 Å². The average Bonchev–Trinajstić information content (AvgIpc) is 2.27. The summed E-state index contributed by atoms with van der Waals surface area (Å²) in [5.74, 6) is -0.562. The Balaban J connectivity index is 3.13. The predicted octanol–water partition coefficient (Wildman–Crippen LogP) is 2.59. The number of nitro groups is 1. The molecule has 18 heavy (non-hydrogen) atoms. The SMILES string of the molecule is CCOC(=O)c1cc(NC(C)C)cc([N+](=O)[O-])c1. The molecule has 0 saturated carbocycles. The van der Waals surface area contributed by atoms with E-state index in [1.807, 2.05) is 13.8 Å². The molecule has 0 bridgehead atoms. The fourth-order valence-electron chi connectivity index (χ4n) is 1.47. The number of benzene rings is 1. The van der Waals surface area contributed by atoms with Crippen LogP contribution in [0.4, 0.5) is 11.4 Å². The summed E-state index contributed by atoms with van der Waals surface area (Å²) in [4.78, 5) is 21.8. The standard InChI is InChI=1S/C12H16N2O4/c1-4-18-12(15)9-5-10(13-8(2)3)7-11(6-9)14(16)17/h5-8,13H,4H2,1-3H3. The molecular weight excluding hydrogens is 236 g/mol. The maximum Gasteiger partial charge on any atom is 0.338 e. The van der Waals surface area contributed by atoms with Gasteiger partial charge in [-0.1, -0.05) is 0 Å². The van der Waals surface area contributed by atoms with Gasteiger partial charge in [0.15, 0.2) is 0 Å². The van der Waals surface area contributed by atoms with Crippen LogP contribution in [0.25, 0.3) is 0 Å². The summed E-state index contributed by atoms with van der Waals surface area (Å²) >= 11 is 0. The monoisotopic (exact) mass is 252 g/mol. The van der Waals surface area contributed by atoms with Gasteiger partial charge >= 0.3 is 5.97 Å². The van der Waals surface area contributed by atoms with Crippen LogP contribution in [-0.4, -0.2) is 23.5 Å². The first-order valence-electron chi connectivity index (χ1n) is 5.67. The van der Waals surface area contributed by atoms with Gasteiger partial charge in [-0.15, -0.1) is 0 Å². The lowest BCUT2D eigenvalue weighted by Gasteiger charge is -2.11. The lowest BCUT2D eigenvalue weighted by molar-refractivity contribution is -0.384. The van der Waals surface area contributed by atoms with Crippen molar-refractivity contribution < 1.29 is 14.5 Å². The first-order valence-corrected chi connectivity index (χ1v) is 5.67. The van der Waals surface area contributed by atoms with E-state index in [9.17, 15) is 14.9 Å². The maximum atomic E-state index is 11.6. The predicted molar refractivity (Wildman–Crippen MR) is 67.8 cm³/mol. The number of nitrogens with one attached hydrogen (secondary N) is 1. The van der Waals surface area contributed by atoms with Gasteiger partial charge in [0.2, 0.25) is 0 Å². The van der Waals surface area contributed by atoms with E-state index in [4.69, 9.17) is 4.74 Å². The summed E-state index contributed by atoms with van der Waals surface area (Å²) in [6.45, 7) is 5.72. The molecule has 0 aliphatic heterocycles. The van der Waals surface area contributed by atoms with E-state index < -0.39 is 10.9 Å². The third-order valence-electron chi connectivity index (χ3n) is 2.10. The molecule has 0 aromatic heterocycles. The zero-order valence-corrected chi connectivity index (χ0v) is 10.6. The summed E-state index contributed by atoms with van der Waals surface area (Å²) in [5, 5.41) is 13.8. The minimum absolute atomic E-state index is 0.113. The van der Waals surface area contributed by atoms with Crippen LogP contribution in [0, 0.1) is 10.1 Å². The molecule has 6 heteroatoms. The van der Waals surface area contributed by atoms with Gasteiger partial charge < -0.3 is 10.1 Å². The van der Waals surface area contributed by atoms with Crippen molar-refractivity contribution in [3.8, 4) is 0 Å². The Kier molecular flexibility index (Phi) is 4.65. The highest BCUT2D eigenvalue weighted by Crippen LogP contribution is 2.22. The highest BCUT2D eigenvalue weighted by molar-refractivity contribution is 5.91. The molecule has 6 nitrogen and oxygen atoms in total. The molecule has 0 unspecified atom stereocenters. The van der Waals surface area contributed by atoms with Gasteiger partial charge in [0.1, 0.15) is 0 Å². The first-order chi connectivity index (χ1) is 8.43. The Morgan fingerprint density at radius 3 is 2.61 bits per heavy atom. The Labute approximate surface area is 105 Å². The van der Waals surface area contributed by atoms with E-state index >= 15 is 0 Å². The number of esters is 1. The largest absolute Gasteiger partial charge is 0.462 e. The number of rotatable bonds is 5. The number of carbonyl (C=O) groups excluding carboxylic acids is 1. The van der Waals surface area contributed by atoms with Crippen LogP contribution in [0.2, 0.25) is 0 Å². The lowest BCUT2D eigenvalue weighted by atomic mass is 10.1. The van der Waals surface area contributed by atoms with Crippen molar-refractivity contribution in [2.45, 2.75) is 26.8 Å². The van der Waals surface area contributed by atoms with Gasteiger partial charge in [0.05, 0.1) is 17.1 Å². The van der Waals surface area contributed by atoms with Crippen molar-refractivity contribution in [2.24, 2.45) is 0 Å².